The second-order valence-electron chi connectivity index (χ2n) is 6.73. The smallest absolute Gasteiger partial charge is 0.245 e. The lowest BCUT2D eigenvalue weighted by Gasteiger charge is -2.29. The summed E-state index contributed by atoms with van der Waals surface area (Å²) >= 11 is 0. The van der Waals surface area contributed by atoms with Crippen LogP contribution in [0.4, 0.5) is 0 Å². The molecule has 0 aliphatic carbocycles. The van der Waals surface area contributed by atoms with Crippen LogP contribution in [0.1, 0.15) is 45.3 Å². The summed E-state index contributed by atoms with van der Waals surface area (Å²) in [5.74, 6) is 0.814. The van der Waals surface area contributed by atoms with E-state index in [1.54, 1.807) is 11.8 Å². The normalized spacial score (nSPS) is 17.2. The summed E-state index contributed by atoms with van der Waals surface area (Å²) in [6, 6.07) is 9.54. The van der Waals surface area contributed by atoms with Crippen molar-refractivity contribution in [1.82, 2.24) is 9.80 Å². The monoisotopic (exact) mass is 342 g/mol. The molecule has 0 bridgehead atoms. The molecule has 2 heterocycles. The Morgan fingerprint density at radius 3 is 2.84 bits per heavy atom. The van der Waals surface area contributed by atoms with Crippen LogP contribution in [0.2, 0.25) is 0 Å². The molecule has 2 aromatic rings. The molecule has 1 aromatic carbocycles. The lowest BCUT2D eigenvalue weighted by atomic mass is 10.1. The highest BCUT2D eigenvalue weighted by atomic mass is 16.3. The Bertz CT molecular complexity index is 719. The number of unbranched alkanes of at least 4 members (excludes halogenated alkanes) is 1. The summed E-state index contributed by atoms with van der Waals surface area (Å²) in [6.07, 6.45) is 3.60. The number of rotatable bonds is 6. The lowest BCUT2D eigenvalue weighted by molar-refractivity contribution is -0.143. The second kappa shape index (κ2) is 7.72. The van der Waals surface area contributed by atoms with Crippen LogP contribution in [0, 0.1) is 0 Å². The zero-order valence-corrected chi connectivity index (χ0v) is 15.0. The first-order valence-corrected chi connectivity index (χ1v) is 9.13. The number of hydrogen-bond donors (Lipinski definition) is 0. The summed E-state index contributed by atoms with van der Waals surface area (Å²) in [5, 5.41) is 1.05. The van der Waals surface area contributed by atoms with Gasteiger partial charge in [0.05, 0.1) is 6.54 Å². The maximum atomic E-state index is 13.1. The summed E-state index contributed by atoms with van der Waals surface area (Å²) in [6.45, 7) is 5.48. The van der Waals surface area contributed by atoms with Crippen molar-refractivity contribution < 1.29 is 14.0 Å². The average Bonchev–Trinajstić information content (AvgIpc) is 3.24. The zero-order chi connectivity index (χ0) is 17.8. The van der Waals surface area contributed by atoms with Gasteiger partial charge in [0.2, 0.25) is 11.8 Å². The Labute approximate surface area is 148 Å². The fourth-order valence-corrected chi connectivity index (χ4v) is 3.53. The van der Waals surface area contributed by atoms with Crippen molar-refractivity contribution in [3.05, 3.63) is 36.1 Å². The topological polar surface area (TPSA) is 53.8 Å². The molecule has 1 aliphatic heterocycles. The molecule has 0 unspecified atom stereocenters. The molecule has 3 rings (SSSR count). The number of para-hydroxylation sites is 1. The van der Waals surface area contributed by atoms with Gasteiger partial charge in [0, 0.05) is 25.4 Å². The SMILES string of the molecule is CCCCN(Cc1cc2ccccc2o1)C(=O)[C@H]1CCCN1C(C)=O. The van der Waals surface area contributed by atoms with E-state index >= 15 is 0 Å². The number of carbonyl (C=O) groups excluding carboxylic acids is 2. The van der Waals surface area contributed by atoms with Crippen molar-refractivity contribution in [2.45, 2.75) is 52.1 Å². The molecular weight excluding hydrogens is 316 g/mol. The minimum atomic E-state index is -0.321. The van der Waals surface area contributed by atoms with E-state index in [1.165, 1.54) is 0 Å². The van der Waals surface area contributed by atoms with Crippen LogP contribution in [-0.4, -0.2) is 40.7 Å². The lowest BCUT2D eigenvalue weighted by Crippen LogP contribution is -2.47. The van der Waals surface area contributed by atoms with E-state index in [0.717, 1.165) is 42.4 Å². The minimum absolute atomic E-state index is 0.0185. The van der Waals surface area contributed by atoms with E-state index in [4.69, 9.17) is 4.42 Å². The summed E-state index contributed by atoms with van der Waals surface area (Å²) in [5.41, 5.74) is 0.839. The third-order valence-electron chi connectivity index (χ3n) is 4.86. The number of nitrogens with zero attached hydrogens (tertiary/aromatic N) is 2. The van der Waals surface area contributed by atoms with Crippen molar-refractivity contribution in [2.24, 2.45) is 0 Å². The van der Waals surface area contributed by atoms with Gasteiger partial charge in [-0.3, -0.25) is 9.59 Å². The van der Waals surface area contributed by atoms with Crippen molar-refractivity contribution in [1.29, 1.82) is 0 Å². The van der Waals surface area contributed by atoms with E-state index < -0.39 is 0 Å². The maximum absolute atomic E-state index is 13.1. The Balaban J connectivity index is 1.78. The molecule has 25 heavy (non-hydrogen) atoms. The molecule has 5 nitrogen and oxygen atoms in total. The zero-order valence-electron chi connectivity index (χ0n) is 15.0. The fourth-order valence-electron chi connectivity index (χ4n) is 3.53. The Morgan fingerprint density at radius 2 is 2.12 bits per heavy atom. The molecule has 1 fully saturated rings. The van der Waals surface area contributed by atoms with Gasteiger partial charge in [0.15, 0.2) is 0 Å². The predicted molar refractivity (Wildman–Crippen MR) is 96.9 cm³/mol. The van der Waals surface area contributed by atoms with Gasteiger partial charge >= 0.3 is 0 Å². The first-order chi connectivity index (χ1) is 12.1. The number of amides is 2. The van der Waals surface area contributed by atoms with Crippen LogP contribution in [0.25, 0.3) is 11.0 Å². The van der Waals surface area contributed by atoms with Crippen LogP contribution in [0.5, 0.6) is 0 Å². The summed E-state index contributed by atoms with van der Waals surface area (Å²) in [7, 11) is 0. The van der Waals surface area contributed by atoms with Crippen LogP contribution in [0.3, 0.4) is 0 Å². The van der Waals surface area contributed by atoms with E-state index in [9.17, 15) is 9.59 Å². The summed E-state index contributed by atoms with van der Waals surface area (Å²) < 4.78 is 5.89. The number of furan rings is 1. The maximum Gasteiger partial charge on any atom is 0.245 e. The minimum Gasteiger partial charge on any atom is -0.459 e. The largest absolute Gasteiger partial charge is 0.459 e. The van der Waals surface area contributed by atoms with E-state index in [1.807, 2.05) is 35.2 Å². The molecular formula is C20H26N2O3. The highest BCUT2D eigenvalue weighted by molar-refractivity contribution is 5.87. The van der Waals surface area contributed by atoms with E-state index in [0.29, 0.717) is 19.6 Å². The Kier molecular flexibility index (Phi) is 5.41. The molecule has 1 atom stereocenters. The van der Waals surface area contributed by atoms with E-state index in [2.05, 4.69) is 6.92 Å². The number of benzene rings is 1. The molecule has 1 saturated heterocycles. The molecule has 5 heteroatoms. The van der Waals surface area contributed by atoms with Crippen LogP contribution >= 0.6 is 0 Å². The highest BCUT2D eigenvalue weighted by Crippen LogP contribution is 2.23. The second-order valence-corrected chi connectivity index (χ2v) is 6.73. The van der Waals surface area contributed by atoms with Gasteiger partial charge in [-0.25, -0.2) is 0 Å². The number of carbonyl (C=O) groups is 2. The summed E-state index contributed by atoms with van der Waals surface area (Å²) in [4.78, 5) is 28.4. The first kappa shape index (κ1) is 17.5. The van der Waals surface area contributed by atoms with Gasteiger partial charge in [-0.1, -0.05) is 31.5 Å². The highest BCUT2D eigenvalue weighted by Gasteiger charge is 2.35. The molecule has 1 aromatic heterocycles. The Hall–Kier alpha value is -2.30. The van der Waals surface area contributed by atoms with Crippen LogP contribution < -0.4 is 0 Å². The third-order valence-corrected chi connectivity index (χ3v) is 4.86. The number of fused-ring (bicyclic) bond motifs is 1. The van der Waals surface area contributed by atoms with Gasteiger partial charge in [-0.2, -0.15) is 0 Å². The quantitative estimate of drug-likeness (QED) is 0.806. The van der Waals surface area contributed by atoms with Gasteiger partial charge in [-0.05, 0) is 31.4 Å². The van der Waals surface area contributed by atoms with Gasteiger partial charge in [0.1, 0.15) is 17.4 Å². The molecule has 0 spiro atoms. The molecule has 134 valence electrons. The van der Waals surface area contributed by atoms with Crippen molar-refractivity contribution in [3.63, 3.8) is 0 Å². The standard InChI is InChI=1S/C20H26N2O3/c1-3-4-11-21(20(24)18-9-7-12-22(18)15(2)23)14-17-13-16-8-5-6-10-19(16)25-17/h5-6,8,10,13,18H,3-4,7,9,11-12,14H2,1-2H3/t18-/m1/s1. The predicted octanol–water partition coefficient (Wildman–Crippen LogP) is 3.57. The van der Waals surface area contributed by atoms with Gasteiger partial charge in [-0.15, -0.1) is 0 Å². The third kappa shape index (κ3) is 3.86. The molecule has 1 aliphatic rings. The van der Waals surface area contributed by atoms with Crippen LogP contribution in [-0.2, 0) is 16.1 Å². The van der Waals surface area contributed by atoms with E-state index in [-0.39, 0.29) is 17.9 Å². The number of hydrogen-bond acceptors (Lipinski definition) is 3. The first-order valence-electron chi connectivity index (χ1n) is 9.13. The fraction of sp³-hybridized carbons (Fsp3) is 0.500. The van der Waals surface area contributed by atoms with Gasteiger partial charge in [0.25, 0.3) is 0 Å². The molecule has 0 saturated carbocycles. The van der Waals surface area contributed by atoms with Crippen molar-refractivity contribution >= 4 is 22.8 Å². The van der Waals surface area contributed by atoms with Crippen molar-refractivity contribution in [2.75, 3.05) is 13.1 Å². The van der Waals surface area contributed by atoms with Gasteiger partial charge < -0.3 is 14.2 Å². The number of likely N-dealkylation sites (tertiary alicyclic amines) is 1. The Morgan fingerprint density at radius 1 is 1.32 bits per heavy atom. The average molecular weight is 342 g/mol. The molecule has 0 N–H and O–H groups in total. The van der Waals surface area contributed by atoms with Crippen molar-refractivity contribution in [3.8, 4) is 0 Å². The van der Waals surface area contributed by atoms with Crippen LogP contribution in [0.15, 0.2) is 34.7 Å². The molecule has 2 amide bonds. The molecule has 0 radical (unpaired) electrons.